The molecule has 0 amide bonds. The molecule has 120 valence electrons. The Morgan fingerprint density at radius 2 is 1.57 bits per heavy atom. The monoisotopic (exact) mass is 290 g/mol. The number of piperazine rings is 1. The molecule has 1 unspecified atom stereocenters. The van der Waals surface area contributed by atoms with Gasteiger partial charge in [-0.1, -0.05) is 38.5 Å². The highest BCUT2D eigenvalue weighted by atomic mass is 15.3. The summed E-state index contributed by atoms with van der Waals surface area (Å²) in [5.41, 5.74) is 0.548. The van der Waals surface area contributed by atoms with Gasteiger partial charge in [0.15, 0.2) is 0 Å². The summed E-state index contributed by atoms with van der Waals surface area (Å²) in [5.74, 6) is 2.02. The highest BCUT2D eigenvalue weighted by molar-refractivity contribution is 5.03. The maximum absolute atomic E-state index is 4.03. The molecule has 2 heteroatoms. The Morgan fingerprint density at radius 1 is 0.857 bits per heavy atom. The van der Waals surface area contributed by atoms with E-state index in [2.05, 4.69) is 10.2 Å². The minimum absolute atomic E-state index is 0.548. The molecule has 4 fully saturated rings. The summed E-state index contributed by atoms with van der Waals surface area (Å²) in [5, 5.41) is 4.03. The Balaban J connectivity index is 1.44. The van der Waals surface area contributed by atoms with Crippen molar-refractivity contribution in [2.24, 2.45) is 11.8 Å². The normalized spacial score (nSPS) is 35.1. The van der Waals surface area contributed by atoms with E-state index in [9.17, 15) is 0 Å². The van der Waals surface area contributed by atoms with Crippen molar-refractivity contribution in [2.75, 3.05) is 19.6 Å². The van der Waals surface area contributed by atoms with Gasteiger partial charge < -0.3 is 5.32 Å². The van der Waals surface area contributed by atoms with Crippen molar-refractivity contribution < 1.29 is 0 Å². The minimum Gasteiger partial charge on any atom is -0.311 e. The van der Waals surface area contributed by atoms with Crippen LogP contribution in [-0.2, 0) is 0 Å². The summed E-state index contributed by atoms with van der Waals surface area (Å²) in [6.07, 6.45) is 17.8. The summed E-state index contributed by atoms with van der Waals surface area (Å²) >= 11 is 0. The molecule has 1 atom stereocenters. The third-order valence-electron chi connectivity index (χ3n) is 6.96. The van der Waals surface area contributed by atoms with Crippen LogP contribution < -0.4 is 5.32 Å². The van der Waals surface area contributed by atoms with E-state index in [1.807, 2.05) is 0 Å². The Hall–Kier alpha value is -0.0800. The van der Waals surface area contributed by atoms with E-state index >= 15 is 0 Å². The van der Waals surface area contributed by atoms with Crippen molar-refractivity contribution in [1.82, 2.24) is 10.2 Å². The van der Waals surface area contributed by atoms with Crippen LogP contribution in [0.5, 0.6) is 0 Å². The number of rotatable bonds is 3. The number of nitrogens with zero attached hydrogens (tertiary/aromatic N) is 1. The van der Waals surface area contributed by atoms with Crippen LogP contribution in [0.1, 0.15) is 77.0 Å². The van der Waals surface area contributed by atoms with E-state index in [0.29, 0.717) is 5.54 Å². The standard InChI is InChI=1S/C19H34N2/c1-3-7-17(8-4-1)18-14-21(13-16-9-10-16)19(15-20-18)11-5-2-6-12-19/h16-18,20H,1-15H2. The van der Waals surface area contributed by atoms with Gasteiger partial charge in [-0.05, 0) is 50.4 Å². The molecule has 1 heterocycles. The Kier molecular flexibility index (Phi) is 4.28. The fourth-order valence-electron chi connectivity index (χ4n) is 5.36. The molecule has 1 spiro atoms. The smallest absolute Gasteiger partial charge is 0.0334 e. The molecule has 4 rings (SSSR count). The molecule has 0 aromatic rings. The predicted molar refractivity (Wildman–Crippen MR) is 88.5 cm³/mol. The Labute approximate surface area is 131 Å². The largest absolute Gasteiger partial charge is 0.311 e. The molecule has 3 saturated carbocycles. The van der Waals surface area contributed by atoms with E-state index < -0.39 is 0 Å². The topological polar surface area (TPSA) is 15.3 Å². The highest BCUT2D eigenvalue weighted by Crippen LogP contribution is 2.40. The fraction of sp³-hybridized carbons (Fsp3) is 1.00. The molecule has 21 heavy (non-hydrogen) atoms. The summed E-state index contributed by atoms with van der Waals surface area (Å²) < 4.78 is 0. The second kappa shape index (κ2) is 6.20. The molecule has 0 aromatic carbocycles. The first-order valence-corrected chi connectivity index (χ1v) is 9.84. The summed E-state index contributed by atoms with van der Waals surface area (Å²) in [6, 6.07) is 0.802. The molecule has 0 aromatic heterocycles. The first kappa shape index (κ1) is 14.5. The van der Waals surface area contributed by atoms with E-state index in [4.69, 9.17) is 0 Å². The van der Waals surface area contributed by atoms with Crippen LogP contribution >= 0.6 is 0 Å². The lowest BCUT2D eigenvalue weighted by Crippen LogP contribution is -2.66. The van der Waals surface area contributed by atoms with Crippen LogP contribution in [-0.4, -0.2) is 36.1 Å². The first-order chi connectivity index (χ1) is 10.4. The molecule has 4 aliphatic rings. The third kappa shape index (κ3) is 3.17. The summed E-state index contributed by atoms with van der Waals surface area (Å²) in [6.45, 7) is 4.08. The molecule has 1 N–H and O–H groups in total. The SMILES string of the molecule is C1CCC(C2CN(CC3CC3)C3(CCCCC3)CN2)CC1. The van der Waals surface area contributed by atoms with Gasteiger partial charge >= 0.3 is 0 Å². The first-order valence-electron chi connectivity index (χ1n) is 9.84. The van der Waals surface area contributed by atoms with Gasteiger partial charge in [0.1, 0.15) is 0 Å². The Bertz CT molecular complexity index is 337. The molecular weight excluding hydrogens is 256 g/mol. The highest BCUT2D eigenvalue weighted by Gasteiger charge is 2.45. The van der Waals surface area contributed by atoms with Gasteiger partial charge in [0.2, 0.25) is 0 Å². The van der Waals surface area contributed by atoms with Crippen LogP contribution in [0.15, 0.2) is 0 Å². The molecule has 0 radical (unpaired) electrons. The van der Waals surface area contributed by atoms with Gasteiger partial charge in [0, 0.05) is 31.2 Å². The van der Waals surface area contributed by atoms with Crippen molar-refractivity contribution in [2.45, 2.75) is 88.6 Å². The van der Waals surface area contributed by atoms with Crippen LogP contribution in [0, 0.1) is 11.8 Å². The summed E-state index contributed by atoms with van der Waals surface area (Å²) in [7, 11) is 0. The maximum atomic E-state index is 4.03. The third-order valence-corrected chi connectivity index (χ3v) is 6.96. The van der Waals surface area contributed by atoms with Gasteiger partial charge in [-0.3, -0.25) is 4.90 Å². The van der Waals surface area contributed by atoms with Crippen LogP contribution in [0.25, 0.3) is 0 Å². The zero-order valence-corrected chi connectivity index (χ0v) is 13.8. The van der Waals surface area contributed by atoms with Gasteiger partial charge in [0.05, 0.1) is 0 Å². The second-order valence-electron chi connectivity index (χ2n) is 8.52. The molecular formula is C19H34N2. The molecule has 0 bridgehead atoms. The molecule has 1 aliphatic heterocycles. The average molecular weight is 290 g/mol. The summed E-state index contributed by atoms with van der Waals surface area (Å²) in [4.78, 5) is 2.99. The van der Waals surface area contributed by atoms with Crippen molar-refractivity contribution in [3.63, 3.8) is 0 Å². The lowest BCUT2D eigenvalue weighted by Gasteiger charge is -2.54. The minimum atomic E-state index is 0.548. The van der Waals surface area contributed by atoms with Crippen LogP contribution in [0.4, 0.5) is 0 Å². The van der Waals surface area contributed by atoms with Crippen LogP contribution in [0.3, 0.4) is 0 Å². The molecule has 1 saturated heterocycles. The van der Waals surface area contributed by atoms with Crippen molar-refractivity contribution in [3.05, 3.63) is 0 Å². The molecule has 3 aliphatic carbocycles. The van der Waals surface area contributed by atoms with Gasteiger partial charge in [0.25, 0.3) is 0 Å². The zero-order valence-electron chi connectivity index (χ0n) is 13.8. The lowest BCUT2D eigenvalue weighted by atomic mass is 9.75. The van der Waals surface area contributed by atoms with Gasteiger partial charge in [-0.25, -0.2) is 0 Å². The zero-order chi connectivity index (χ0) is 14.1. The fourth-order valence-corrected chi connectivity index (χ4v) is 5.36. The van der Waals surface area contributed by atoms with Crippen molar-refractivity contribution >= 4 is 0 Å². The molecule has 2 nitrogen and oxygen atoms in total. The van der Waals surface area contributed by atoms with Crippen molar-refractivity contribution in [1.29, 1.82) is 0 Å². The van der Waals surface area contributed by atoms with E-state index in [0.717, 1.165) is 17.9 Å². The second-order valence-corrected chi connectivity index (χ2v) is 8.52. The van der Waals surface area contributed by atoms with Gasteiger partial charge in [-0.15, -0.1) is 0 Å². The number of hydrogen-bond donors (Lipinski definition) is 1. The maximum Gasteiger partial charge on any atom is 0.0334 e. The Morgan fingerprint density at radius 3 is 2.29 bits per heavy atom. The quantitative estimate of drug-likeness (QED) is 0.846. The average Bonchev–Trinajstić information content (AvgIpc) is 3.36. The van der Waals surface area contributed by atoms with Gasteiger partial charge in [-0.2, -0.15) is 0 Å². The number of nitrogens with one attached hydrogen (secondary N) is 1. The lowest BCUT2D eigenvalue weighted by molar-refractivity contribution is -0.00721. The predicted octanol–water partition coefficient (Wildman–Crippen LogP) is 3.95. The van der Waals surface area contributed by atoms with Crippen LogP contribution in [0.2, 0.25) is 0 Å². The number of hydrogen-bond acceptors (Lipinski definition) is 2. The van der Waals surface area contributed by atoms with Crippen molar-refractivity contribution in [3.8, 4) is 0 Å². The van der Waals surface area contributed by atoms with E-state index in [-0.39, 0.29) is 0 Å². The van der Waals surface area contributed by atoms with E-state index in [1.54, 1.807) is 0 Å². The van der Waals surface area contributed by atoms with E-state index in [1.165, 1.54) is 96.7 Å².